The first-order chi connectivity index (χ1) is 13.6. The molecule has 0 aliphatic carbocycles. The number of hydrogen-bond donors (Lipinski definition) is 1. The van der Waals surface area contributed by atoms with Gasteiger partial charge in [0.1, 0.15) is 11.4 Å². The van der Waals surface area contributed by atoms with Crippen molar-refractivity contribution in [3.8, 4) is 5.69 Å². The summed E-state index contributed by atoms with van der Waals surface area (Å²) in [6, 6.07) is 6.28. The number of fused-ring (bicyclic) bond motifs is 1. The predicted octanol–water partition coefficient (Wildman–Crippen LogP) is 4.33. The minimum absolute atomic E-state index is 0.311. The van der Waals surface area contributed by atoms with Crippen LogP contribution in [0.3, 0.4) is 0 Å². The van der Waals surface area contributed by atoms with Gasteiger partial charge in [-0.1, -0.05) is 17.7 Å². The molecule has 0 unspecified atom stereocenters. The molecule has 0 aliphatic heterocycles. The Morgan fingerprint density at radius 3 is 2.66 bits per heavy atom. The van der Waals surface area contributed by atoms with Gasteiger partial charge in [-0.05, 0) is 58.4 Å². The summed E-state index contributed by atoms with van der Waals surface area (Å²) in [7, 11) is 0. The van der Waals surface area contributed by atoms with Crippen molar-refractivity contribution < 1.29 is 9.53 Å². The highest BCUT2D eigenvalue weighted by atomic mass is 35.5. The molecule has 1 aromatic carbocycles. The van der Waals surface area contributed by atoms with Crippen LogP contribution in [-0.4, -0.2) is 26.2 Å². The molecule has 0 fully saturated rings. The summed E-state index contributed by atoms with van der Waals surface area (Å²) in [6.07, 6.45) is 2.64. The second kappa shape index (κ2) is 7.83. The van der Waals surface area contributed by atoms with E-state index in [1.807, 2.05) is 6.92 Å². The number of benzene rings is 1. The normalized spacial score (nSPS) is 12.6. The number of aromatic nitrogens is 3. The van der Waals surface area contributed by atoms with Crippen LogP contribution in [-0.2, 0) is 4.74 Å². The van der Waals surface area contributed by atoms with Gasteiger partial charge in [-0.3, -0.25) is 14.3 Å². The van der Waals surface area contributed by atoms with E-state index in [0.717, 1.165) is 5.56 Å². The molecule has 1 atom stereocenters. The molecule has 0 bridgehead atoms. The molecule has 152 valence electrons. The average molecular weight is 415 g/mol. The maximum absolute atomic E-state index is 13.4. The highest BCUT2D eigenvalue weighted by Crippen LogP contribution is 2.24. The van der Waals surface area contributed by atoms with Gasteiger partial charge >= 0.3 is 6.09 Å². The Labute approximate surface area is 173 Å². The number of hydrogen-bond acceptors (Lipinski definition) is 5. The second-order valence-electron chi connectivity index (χ2n) is 7.77. The van der Waals surface area contributed by atoms with Gasteiger partial charge in [-0.2, -0.15) is 0 Å². The molecule has 0 saturated carbocycles. The lowest BCUT2D eigenvalue weighted by Crippen LogP contribution is -2.37. The van der Waals surface area contributed by atoms with Crippen molar-refractivity contribution in [2.75, 3.05) is 0 Å². The number of halogens is 1. The standard InChI is InChI=1S/C21H23ClN4O3/c1-12-9-10-23-11-16(12)26-18(13(2)24-20(28)29-21(3,4)5)25-15-8-6-7-14(22)17(15)19(26)27/h6-11,13H,1-5H3,(H,24,28)/t13-/m0/s1. The molecule has 2 heterocycles. The number of pyridine rings is 1. The number of carbonyl (C=O) groups is 1. The van der Waals surface area contributed by atoms with Crippen molar-refractivity contribution in [1.82, 2.24) is 19.9 Å². The molecule has 29 heavy (non-hydrogen) atoms. The van der Waals surface area contributed by atoms with Crippen molar-refractivity contribution >= 4 is 28.6 Å². The predicted molar refractivity (Wildman–Crippen MR) is 113 cm³/mol. The van der Waals surface area contributed by atoms with Crippen LogP contribution in [0.2, 0.25) is 5.02 Å². The maximum atomic E-state index is 13.4. The first kappa shape index (κ1) is 20.8. The number of ether oxygens (including phenoxy) is 1. The summed E-state index contributed by atoms with van der Waals surface area (Å²) < 4.78 is 6.78. The molecule has 1 N–H and O–H groups in total. The minimum atomic E-state index is -0.645. The van der Waals surface area contributed by atoms with Gasteiger partial charge in [0, 0.05) is 6.20 Å². The summed E-state index contributed by atoms with van der Waals surface area (Å²) in [5.41, 5.74) is 0.881. The van der Waals surface area contributed by atoms with E-state index in [0.29, 0.717) is 27.4 Å². The van der Waals surface area contributed by atoms with Gasteiger partial charge in [-0.25, -0.2) is 9.78 Å². The van der Waals surface area contributed by atoms with E-state index in [1.165, 1.54) is 4.57 Å². The summed E-state index contributed by atoms with van der Waals surface area (Å²) in [5, 5.41) is 3.38. The van der Waals surface area contributed by atoms with Crippen LogP contribution in [0.4, 0.5) is 4.79 Å². The Balaban J connectivity index is 2.20. The quantitative estimate of drug-likeness (QED) is 0.689. The monoisotopic (exact) mass is 414 g/mol. The van der Waals surface area contributed by atoms with Gasteiger partial charge in [-0.15, -0.1) is 0 Å². The first-order valence-electron chi connectivity index (χ1n) is 9.20. The summed E-state index contributed by atoms with van der Waals surface area (Å²) in [5.74, 6) is 0.353. The van der Waals surface area contributed by atoms with Crippen LogP contribution in [0, 0.1) is 6.92 Å². The minimum Gasteiger partial charge on any atom is -0.444 e. The van der Waals surface area contributed by atoms with Crippen molar-refractivity contribution in [3.63, 3.8) is 0 Å². The van der Waals surface area contributed by atoms with Crippen LogP contribution in [0.25, 0.3) is 16.6 Å². The van der Waals surface area contributed by atoms with Crippen LogP contribution < -0.4 is 10.9 Å². The Morgan fingerprint density at radius 2 is 2.00 bits per heavy atom. The average Bonchev–Trinajstić information content (AvgIpc) is 2.60. The zero-order valence-corrected chi connectivity index (χ0v) is 17.7. The molecular weight excluding hydrogens is 392 g/mol. The topological polar surface area (TPSA) is 86.1 Å². The molecule has 2 aromatic heterocycles. The van der Waals surface area contributed by atoms with E-state index in [4.69, 9.17) is 16.3 Å². The lowest BCUT2D eigenvalue weighted by Gasteiger charge is -2.23. The number of nitrogens with zero attached hydrogens (tertiary/aromatic N) is 3. The van der Waals surface area contributed by atoms with Gasteiger partial charge < -0.3 is 10.1 Å². The molecule has 7 nitrogen and oxygen atoms in total. The molecule has 1 amide bonds. The number of aryl methyl sites for hydroxylation is 1. The number of amides is 1. The van der Waals surface area contributed by atoms with Crippen molar-refractivity contribution in [2.24, 2.45) is 0 Å². The Kier molecular flexibility index (Phi) is 5.61. The first-order valence-corrected chi connectivity index (χ1v) is 9.58. The summed E-state index contributed by atoms with van der Waals surface area (Å²) in [6.45, 7) is 8.95. The van der Waals surface area contributed by atoms with Gasteiger partial charge in [0.25, 0.3) is 5.56 Å². The molecule has 0 saturated heterocycles. The van der Waals surface area contributed by atoms with E-state index in [1.54, 1.807) is 64.4 Å². The lowest BCUT2D eigenvalue weighted by atomic mass is 10.2. The van der Waals surface area contributed by atoms with E-state index >= 15 is 0 Å². The van der Waals surface area contributed by atoms with Crippen molar-refractivity contribution in [2.45, 2.75) is 46.3 Å². The third-order valence-corrected chi connectivity index (χ3v) is 4.56. The Morgan fingerprint density at radius 1 is 1.28 bits per heavy atom. The van der Waals surface area contributed by atoms with Crippen LogP contribution in [0.15, 0.2) is 41.5 Å². The maximum Gasteiger partial charge on any atom is 0.408 e. The lowest BCUT2D eigenvalue weighted by molar-refractivity contribution is 0.0505. The molecule has 0 radical (unpaired) electrons. The smallest absolute Gasteiger partial charge is 0.408 e. The highest BCUT2D eigenvalue weighted by molar-refractivity contribution is 6.35. The van der Waals surface area contributed by atoms with Crippen LogP contribution in [0.5, 0.6) is 0 Å². The fourth-order valence-corrected chi connectivity index (χ4v) is 3.22. The van der Waals surface area contributed by atoms with E-state index in [-0.39, 0.29) is 5.56 Å². The van der Waals surface area contributed by atoms with Gasteiger partial charge in [0.05, 0.1) is 33.9 Å². The second-order valence-corrected chi connectivity index (χ2v) is 8.18. The van der Waals surface area contributed by atoms with Crippen LogP contribution in [0.1, 0.15) is 45.1 Å². The fraction of sp³-hybridized carbons (Fsp3) is 0.333. The van der Waals surface area contributed by atoms with E-state index in [2.05, 4.69) is 15.3 Å². The molecular formula is C21H23ClN4O3. The Hall–Kier alpha value is -2.93. The largest absolute Gasteiger partial charge is 0.444 e. The molecule has 8 heteroatoms. The molecule has 3 rings (SSSR count). The fourth-order valence-electron chi connectivity index (χ4n) is 2.97. The number of rotatable bonds is 3. The zero-order valence-electron chi connectivity index (χ0n) is 17.0. The third kappa shape index (κ3) is 4.40. The number of alkyl carbamates (subject to hydrolysis) is 1. The Bertz CT molecular complexity index is 1130. The summed E-state index contributed by atoms with van der Waals surface area (Å²) in [4.78, 5) is 34.5. The zero-order chi connectivity index (χ0) is 21.3. The SMILES string of the molecule is Cc1ccncc1-n1c([C@H](C)NC(=O)OC(C)(C)C)nc2cccc(Cl)c2c1=O. The summed E-state index contributed by atoms with van der Waals surface area (Å²) >= 11 is 6.29. The third-order valence-electron chi connectivity index (χ3n) is 4.25. The highest BCUT2D eigenvalue weighted by Gasteiger charge is 2.24. The number of carbonyl (C=O) groups excluding carboxylic acids is 1. The van der Waals surface area contributed by atoms with E-state index in [9.17, 15) is 9.59 Å². The van der Waals surface area contributed by atoms with Gasteiger partial charge in [0.2, 0.25) is 0 Å². The van der Waals surface area contributed by atoms with Crippen molar-refractivity contribution in [3.05, 3.63) is 63.4 Å². The van der Waals surface area contributed by atoms with Gasteiger partial charge in [0.15, 0.2) is 0 Å². The van der Waals surface area contributed by atoms with Crippen LogP contribution >= 0.6 is 11.6 Å². The van der Waals surface area contributed by atoms with E-state index < -0.39 is 17.7 Å². The number of nitrogens with one attached hydrogen (secondary N) is 1. The molecule has 0 spiro atoms. The van der Waals surface area contributed by atoms with Crippen molar-refractivity contribution in [1.29, 1.82) is 0 Å². The molecule has 0 aliphatic rings. The molecule has 3 aromatic rings.